The fourth-order valence-electron chi connectivity index (χ4n) is 8.98. The van der Waals surface area contributed by atoms with Crippen molar-refractivity contribution in [1.82, 2.24) is 0 Å². The molecule has 12 rings (SSSR count). The van der Waals surface area contributed by atoms with E-state index in [1.165, 1.54) is 32.3 Å². The van der Waals surface area contributed by atoms with E-state index >= 15 is 0 Å². The molecule has 3 nitrogen and oxygen atoms in total. The zero-order valence-corrected chi connectivity index (χ0v) is 31.4. The molecule has 12 aromatic rings. The maximum atomic E-state index is 7.07. The second-order valence-corrected chi connectivity index (χ2v) is 15.2. The van der Waals surface area contributed by atoms with Crippen molar-refractivity contribution in [2.24, 2.45) is 0 Å². The van der Waals surface area contributed by atoms with Crippen LogP contribution in [0.2, 0.25) is 0 Å². The Kier molecular flexibility index (Phi) is 7.33. The third-order valence-corrected chi connectivity index (χ3v) is 11.7. The van der Waals surface area contributed by atoms with Crippen molar-refractivity contribution in [2.75, 3.05) is 0 Å². The highest BCUT2D eigenvalue weighted by atomic mass is 16.7. The van der Waals surface area contributed by atoms with Crippen LogP contribution >= 0.6 is 0 Å². The highest BCUT2D eigenvalue weighted by molar-refractivity contribution is 6.41. The van der Waals surface area contributed by atoms with E-state index in [1.54, 1.807) is 0 Å². The van der Waals surface area contributed by atoms with E-state index in [4.69, 9.17) is 14.0 Å². The molecule has 0 aromatic heterocycles. The minimum Gasteiger partial charge on any atom is -0.489 e. The molecule has 12 aromatic carbocycles. The fraction of sp³-hybridized carbons (Fsp3) is 0. The van der Waals surface area contributed by atoms with E-state index in [2.05, 4.69) is 164 Å². The summed E-state index contributed by atoms with van der Waals surface area (Å²) < 4.78 is 21.2. The molecule has 0 heterocycles. The molecule has 58 heavy (non-hydrogen) atoms. The average Bonchev–Trinajstić information content (AvgIpc) is 3.27. The van der Waals surface area contributed by atoms with Crippen molar-refractivity contribution in [1.29, 1.82) is 0 Å². The molecule has 0 aliphatic heterocycles. The van der Waals surface area contributed by atoms with Gasteiger partial charge >= 0.3 is 7.32 Å². The molecule has 4 heteroatoms. The zero-order chi connectivity index (χ0) is 38.2. The molecule has 0 unspecified atom stereocenters. The molecular weight excluding hydrogens is 707 g/mol. The summed E-state index contributed by atoms with van der Waals surface area (Å²) in [6.07, 6.45) is 0. The third-order valence-electron chi connectivity index (χ3n) is 11.7. The largest absolute Gasteiger partial charge is 0.864 e. The lowest BCUT2D eigenvalue weighted by atomic mass is 9.96. The monoisotopic (exact) mass is 740 g/mol. The number of rotatable bonds is 6. The Morgan fingerprint density at radius 1 is 0.224 bits per heavy atom. The molecule has 0 aliphatic rings. The Morgan fingerprint density at radius 3 is 0.793 bits per heavy atom. The number of benzene rings is 12. The Labute approximate surface area is 334 Å². The summed E-state index contributed by atoms with van der Waals surface area (Å²) in [4.78, 5) is 0. The van der Waals surface area contributed by atoms with Gasteiger partial charge in [-0.3, -0.25) is 0 Å². The second-order valence-electron chi connectivity index (χ2n) is 15.2. The SMILES string of the molecule is c1ccc2cc3c(ccc4cccc(OB(Oc5cccc6ccc7cc8ccccc8cc7c56)Oc5cccc6ccc7cc8ccccc8cc7c56)c43)cc2c1. The molecular formula is C54H33BO3. The van der Waals surface area contributed by atoms with Gasteiger partial charge in [-0.15, -0.1) is 0 Å². The first-order chi connectivity index (χ1) is 28.7. The maximum absolute atomic E-state index is 7.07. The van der Waals surface area contributed by atoms with Crippen molar-refractivity contribution in [3.8, 4) is 17.2 Å². The van der Waals surface area contributed by atoms with Crippen molar-refractivity contribution in [3.63, 3.8) is 0 Å². The van der Waals surface area contributed by atoms with Gasteiger partial charge in [-0.2, -0.15) is 0 Å². The zero-order valence-electron chi connectivity index (χ0n) is 31.4. The first kappa shape index (κ1) is 32.7. The normalized spacial score (nSPS) is 11.8. The Balaban J connectivity index is 1.07. The van der Waals surface area contributed by atoms with Gasteiger partial charge in [0, 0.05) is 16.2 Å². The lowest BCUT2D eigenvalue weighted by Gasteiger charge is -2.21. The molecule has 0 amide bonds. The average molecular weight is 741 g/mol. The second kappa shape index (κ2) is 13.0. The molecule has 0 spiro atoms. The first-order valence-corrected chi connectivity index (χ1v) is 19.7. The minimum atomic E-state index is -1.16. The topological polar surface area (TPSA) is 27.7 Å². The van der Waals surface area contributed by atoms with Crippen LogP contribution in [0.5, 0.6) is 17.2 Å². The maximum Gasteiger partial charge on any atom is 0.864 e. The highest BCUT2D eigenvalue weighted by Crippen LogP contribution is 2.40. The molecule has 0 radical (unpaired) electrons. The van der Waals surface area contributed by atoms with Gasteiger partial charge in [0.15, 0.2) is 0 Å². The van der Waals surface area contributed by atoms with Crippen LogP contribution in [0.25, 0.3) is 97.0 Å². The molecule has 270 valence electrons. The Bertz CT molecular complexity index is 3250. The standard InChI is InChI=1S/C54H33BO3/c1-4-13-40-31-46-43(28-37(40)10-1)25-22-34-16-7-19-49(52(34)46)56-55(57-50-20-8-17-35-23-26-44-29-38-11-2-5-14-41(38)32-47(44)53(35)50)58-51-21-9-18-36-24-27-45-30-39-12-3-6-15-42(39)33-48(45)54(36)51/h1-33H. The Hall–Kier alpha value is -7.56. The van der Waals surface area contributed by atoms with Gasteiger partial charge in [0.25, 0.3) is 0 Å². The number of fused-ring (bicyclic) bond motifs is 12. The van der Waals surface area contributed by atoms with Crippen LogP contribution in [0, 0.1) is 0 Å². The third kappa shape index (κ3) is 5.37. The molecule has 0 fully saturated rings. The Morgan fingerprint density at radius 2 is 0.483 bits per heavy atom. The smallest absolute Gasteiger partial charge is 0.489 e. The summed E-state index contributed by atoms with van der Waals surface area (Å²) in [5.41, 5.74) is 0. The summed E-state index contributed by atoms with van der Waals surface area (Å²) in [5, 5.41) is 20.1. The summed E-state index contributed by atoms with van der Waals surface area (Å²) >= 11 is 0. The predicted octanol–water partition coefficient (Wildman–Crippen LogP) is 14.6. The van der Waals surface area contributed by atoms with Crippen molar-refractivity contribution < 1.29 is 14.0 Å². The quantitative estimate of drug-likeness (QED) is 0.0965. The highest BCUT2D eigenvalue weighted by Gasteiger charge is 2.33. The van der Waals surface area contributed by atoms with Gasteiger partial charge in [0.2, 0.25) is 0 Å². The van der Waals surface area contributed by atoms with Crippen molar-refractivity contribution in [2.45, 2.75) is 0 Å². The summed E-state index contributed by atoms with van der Waals surface area (Å²) in [5.74, 6) is 2.03. The van der Waals surface area contributed by atoms with Gasteiger partial charge in [-0.05, 0) is 135 Å². The van der Waals surface area contributed by atoms with E-state index in [1.807, 2.05) is 36.4 Å². The molecule has 0 bridgehead atoms. The fourth-order valence-corrected chi connectivity index (χ4v) is 8.98. The van der Waals surface area contributed by atoms with Gasteiger partial charge in [0.1, 0.15) is 17.2 Å². The van der Waals surface area contributed by atoms with Crippen LogP contribution in [-0.2, 0) is 0 Å². The van der Waals surface area contributed by atoms with Crippen LogP contribution < -0.4 is 14.0 Å². The minimum absolute atomic E-state index is 0.676. The molecule has 0 atom stereocenters. The summed E-state index contributed by atoms with van der Waals surface area (Å²) in [6, 6.07) is 70.6. The van der Waals surface area contributed by atoms with Crippen LogP contribution in [0.3, 0.4) is 0 Å². The number of hydrogen-bond donors (Lipinski definition) is 0. The molecule has 0 saturated heterocycles. The van der Waals surface area contributed by atoms with Gasteiger partial charge < -0.3 is 14.0 Å². The lowest BCUT2D eigenvalue weighted by molar-refractivity contribution is 0.312. The summed E-state index contributed by atoms with van der Waals surface area (Å²) in [7, 11) is -1.16. The van der Waals surface area contributed by atoms with E-state index in [9.17, 15) is 0 Å². The first-order valence-electron chi connectivity index (χ1n) is 19.7. The van der Waals surface area contributed by atoms with E-state index in [-0.39, 0.29) is 0 Å². The molecule has 0 saturated carbocycles. The van der Waals surface area contributed by atoms with E-state index in [0.29, 0.717) is 17.2 Å². The lowest BCUT2D eigenvalue weighted by Crippen LogP contribution is -2.37. The van der Waals surface area contributed by atoms with Gasteiger partial charge in [0.05, 0.1) is 0 Å². The van der Waals surface area contributed by atoms with Crippen LogP contribution in [-0.4, -0.2) is 7.32 Å². The van der Waals surface area contributed by atoms with Gasteiger partial charge in [-0.1, -0.05) is 146 Å². The van der Waals surface area contributed by atoms with E-state index in [0.717, 1.165) is 64.6 Å². The van der Waals surface area contributed by atoms with Crippen LogP contribution in [0.4, 0.5) is 0 Å². The van der Waals surface area contributed by atoms with E-state index < -0.39 is 7.32 Å². The molecule has 0 N–H and O–H groups in total. The van der Waals surface area contributed by atoms with Crippen LogP contribution in [0.15, 0.2) is 200 Å². The van der Waals surface area contributed by atoms with Gasteiger partial charge in [-0.25, -0.2) is 0 Å². The summed E-state index contributed by atoms with van der Waals surface area (Å²) in [6.45, 7) is 0. The number of hydrogen-bond acceptors (Lipinski definition) is 3. The van der Waals surface area contributed by atoms with Crippen LogP contribution in [0.1, 0.15) is 0 Å². The van der Waals surface area contributed by atoms with Crippen molar-refractivity contribution >= 4 is 104 Å². The van der Waals surface area contributed by atoms with Crippen molar-refractivity contribution in [3.05, 3.63) is 200 Å². The molecule has 0 aliphatic carbocycles. The predicted molar refractivity (Wildman–Crippen MR) is 245 cm³/mol.